The molecule has 0 spiro atoms. The summed E-state index contributed by atoms with van der Waals surface area (Å²) in [5.41, 5.74) is 16.3. The standard InChI is InChI=1S/2C15H8BrF3N2.2C15H10ClF2N3.C4H8O2/c16-7-12-14(8-3-1-2-4-9(8)17)20-11-6-5-10(18)13(19)15(11)21-12;16-7-12-14(8-3-1-2-4-9(8)17)21-15-11(20-12)6-5-10(18)13(15)19;16-9-4-2-1-3-8(9)14-12(7-19)21-15-11(20-14)6-5-10(17)13(15)18;16-9-4-2-1-3-8(9)14-12(7-19)20-11-6-5-10(17)13(18)15(11)21-14;5-4-2-1-3-6-4/h2*1-6H,7H2;2*1-6H,7,19H2;4-5H,1-3H2. The number of aliphatic hydroxyl groups is 1. The molecule has 4 aromatic heterocycles. The Morgan fingerprint density at radius 3 is 1.06 bits per heavy atom. The molecule has 1 saturated heterocycles. The third-order valence-electron chi connectivity index (χ3n) is 13.3. The highest BCUT2D eigenvalue weighted by atomic mass is 79.9. The van der Waals surface area contributed by atoms with Gasteiger partial charge in [0.1, 0.15) is 33.7 Å². The van der Waals surface area contributed by atoms with E-state index in [2.05, 4.69) is 71.7 Å². The fourth-order valence-corrected chi connectivity index (χ4v) is 10.1. The smallest absolute Gasteiger partial charge is 0.186 e. The third kappa shape index (κ3) is 14.8. The minimum Gasteiger partial charge on any atom is -0.368 e. The number of hydrogen-bond donors (Lipinski definition) is 3. The van der Waals surface area contributed by atoms with E-state index >= 15 is 0 Å². The van der Waals surface area contributed by atoms with Gasteiger partial charge < -0.3 is 21.3 Å². The second-order valence-corrected chi connectivity index (χ2v) is 21.0. The average molecular weight is 1410 g/mol. The van der Waals surface area contributed by atoms with Gasteiger partial charge in [-0.3, -0.25) is 0 Å². The lowest BCUT2D eigenvalue weighted by Crippen LogP contribution is -2.06. The number of alkyl halides is 2. The summed E-state index contributed by atoms with van der Waals surface area (Å²) in [6.45, 7) is 0.892. The van der Waals surface area contributed by atoms with Crippen molar-refractivity contribution in [3.8, 4) is 45.0 Å². The summed E-state index contributed by atoms with van der Waals surface area (Å²) in [4.78, 5) is 33.6. The lowest BCUT2D eigenvalue weighted by atomic mass is 10.1. The van der Waals surface area contributed by atoms with Crippen LogP contribution in [0.1, 0.15) is 35.6 Å². The molecule has 90 heavy (non-hydrogen) atoms. The highest BCUT2D eigenvalue weighted by Gasteiger charge is 2.22. The Morgan fingerprint density at radius 2 is 0.700 bits per heavy atom. The maximum Gasteiger partial charge on any atom is 0.186 e. The first kappa shape index (κ1) is 66.2. The van der Waals surface area contributed by atoms with Crippen LogP contribution in [-0.4, -0.2) is 57.9 Å². The van der Waals surface area contributed by atoms with Crippen LogP contribution in [0.4, 0.5) is 43.9 Å². The van der Waals surface area contributed by atoms with Crippen LogP contribution in [0, 0.1) is 58.2 Å². The Kier molecular flexibility index (Phi) is 22.1. The fourth-order valence-electron chi connectivity index (χ4n) is 8.91. The number of hydrogen-bond acceptors (Lipinski definition) is 12. The van der Waals surface area contributed by atoms with Gasteiger partial charge in [-0.15, -0.1) is 0 Å². The van der Waals surface area contributed by atoms with Gasteiger partial charge in [-0.1, -0.05) is 116 Å². The van der Waals surface area contributed by atoms with E-state index in [1.54, 1.807) is 78.9 Å². The number of nitrogens with two attached hydrogens (primary N) is 2. The number of rotatable bonds is 8. The van der Waals surface area contributed by atoms with Gasteiger partial charge in [0.2, 0.25) is 0 Å². The van der Waals surface area contributed by atoms with E-state index in [9.17, 15) is 43.9 Å². The predicted molar refractivity (Wildman–Crippen MR) is 332 cm³/mol. The van der Waals surface area contributed by atoms with Crippen molar-refractivity contribution in [1.29, 1.82) is 0 Å². The van der Waals surface area contributed by atoms with Crippen molar-refractivity contribution < 1.29 is 53.7 Å². The Labute approximate surface area is 532 Å². The molecular formula is C64H44Br2Cl2F10N10O2. The third-order valence-corrected chi connectivity index (χ3v) is 15.0. The van der Waals surface area contributed by atoms with Crippen LogP contribution in [0.3, 0.4) is 0 Å². The molecular weight excluding hydrogens is 1360 g/mol. The van der Waals surface area contributed by atoms with E-state index in [0.29, 0.717) is 66.4 Å². The largest absolute Gasteiger partial charge is 0.368 e. The predicted octanol–water partition coefficient (Wildman–Crippen LogP) is 16.7. The van der Waals surface area contributed by atoms with E-state index < -0.39 is 64.5 Å². The Hall–Kier alpha value is -8.20. The Morgan fingerprint density at radius 1 is 0.389 bits per heavy atom. The molecule has 8 aromatic carbocycles. The molecule has 1 aliphatic heterocycles. The zero-order valence-corrected chi connectivity index (χ0v) is 50.9. The number of halogens is 14. The van der Waals surface area contributed by atoms with Crippen LogP contribution in [0.15, 0.2) is 146 Å². The Bertz CT molecular complexity index is 4340. The molecule has 1 atom stereocenters. The summed E-state index contributed by atoms with van der Waals surface area (Å²) in [6.07, 6.45) is 1.38. The summed E-state index contributed by atoms with van der Waals surface area (Å²) in [6, 6.07) is 35.6. The van der Waals surface area contributed by atoms with Gasteiger partial charge in [0, 0.05) is 59.0 Å². The van der Waals surface area contributed by atoms with Gasteiger partial charge in [0.25, 0.3) is 0 Å². The molecule has 0 aliphatic carbocycles. The summed E-state index contributed by atoms with van der Waals surface area (Å²) >= 11 is 18.8. The van der Waals surface area contributed by atoms with E-state index in [0.717, 1.165) is 43.7 Å². The van der Waals surface area contributed by atoms with E-state index in [4.69, 9.17) is 44.5 Å². The van der Waals surface area contributed by atoms with Crippen molar-refractivity contribution >= 4 is 99.2 Å². The summed E-state index contributed by atoms with van der Waals surface area (Å²) in [5.74, 6) is -9.08. The molecule has 13 rings (SSSR count). The van der Waals surface area contributed by atoms with Gasteiger partial charge in [-0.2, -0.15) is 0 Å². The molecule has 460 valence electrons. The Balaban J connectivity index is 0.000000138. The van der Waals surface area contributed by atoms with E-state index in [1.807, 2.05) is 0 Å². The van der Waals surface area contributed by atoms with Crippen molar-refractivity contribution in [2.75, 3.05) is 6.61 Å². The van der Waals surface area contributed by atoms with Crippen molar-refractivity contribution in [3.05, 3.63) is 237 Å². The van der Waals surface area contributed by atoms with E-state index in [-0.39, 0.29) is 79.4 Å². The molecule has 0 saturated carbocycles. The van der Waals surface area contributed by atoms with Crippen LogP contribution in [0.2, 0.25) is 10.0 Å². The lowest BCUT2D eigenvalue weighted by molar-refractivity contribution is -0.0589. The molecule has 5 N–H and O–H groups in total. The molecule has 0 amide bonds. The number of aromatic nitrogens is 8. The van der Waals surface area contributed by atoms with Gasteiger partial charge in [-0.25, -0.2) is 83.8 Å². The van der Waals surface area contributed by atoms with Crippen molar-refractivity contribution in [2.24, 2.45) is 11.5 Å². The summed E-state index contributed by atoms with van der Waals surface area (Å²) in [5, 5.41) is 10.0. The van der Waals surface area contributed by atoms with Crippen LogP contribution in [0.25, 0.3) is 89.2 Å². The maximum absolute atomic E-state index is 13.9. The second kappa shape index (κ2) is 30.1. The second-order valence-electron chi connectivity index (χ2n) is 19.1. The monoisotopic (exact) mass is 1400 g/mol. The van der Waals surface area contributed by atoms with Crippen molar-refractivity contribution in [2.45, 2.75) is 42.9 Å². The van der Waals surface area contributed by atoms with Crippen LogP contribution in [-0.2, 0) is 28.5 Å². The maximum atomic E-state index is 13.9. The van der Waals surface area contributed by atoms with Crippen molar-refractivity contribution in [1.82, 2.24) is 39.9 Å². The van der Waals surface area contributed by atoms with Gasteiger partial charge in [-0.05, 0) is 91.3 Å². The first-order chi connectivity index (χ1) is 43.3. The quantitative estimate of drug-likeness (QED) is 0.0968. The SMILES string of the molecule is Fc1ccccc1-c1nc2c(F)c(F)ccc2nc1CBr.Fc1ccccc1-c1nc2ccc(F)c(F)c2nc1CBr.NCc1nc2c(F)c(F)ccc2nc1-c1ccccc1Cl.NCc1nc2ccc(F)c(F)c2nc1-c1ccccc1Cl.OC1CCCO1. The zero-order valence-electron chi connectivity index (χ0n) is 46.3. The number of aliphatic hydroxyl groups excluding tert-OH is 1. The first-order valence-electron chi connectivity index (χ1n) is 26.8. The highest BCUT2D eigenvalue weighted by Crippen LogP contribution is 2.34. The molecule has 12 nitrogen and oxygen atoms in total. The van der Waals surface area contributed by atoms with Crippen LogP contribution >= 0.6 is 55.1 Å². The first-order valence-corrected chi connectivity index (χ1v) is 29.8. The molecule has 1 unspecified atom stereocenters. The summed E-state index contributed by atoms with van der Waals surface area (Å²) in [7, 11) is 0. The zero-order chi connectivity index (χ0) is 64.3. The van der Waals surface area contributed by atoms with E-state index in [1.165, 1.54) is 42.5 Å². The normalized spacial score (nSPS) is 12.6. The average Bonchev–Trinajstić information content (AvgIpc) is 0.978. The minimum absolute atomic E-state index is 0.0411. The number of nitrogens with zero attached hydrogens (tertiary/aromatic N) is 8. The topological polar surface area (TPSA) is 185 Å². The number of ether oxygens (including phenoxy) is 1. The molecule has 0 bridgehead atoms. The molecule has 12 aromatic rings. The number of benzene rings is 8. The van der Waals surface area contributed by atoms with Crippen LogP contribution in [0.5, 0.6) is 0 Å². The molecule has 1 aliphatic rings. The van der Waals surface area contributed by atoms with Gasteiger partial charge >= 0.3 is 0 Å². The highest BCUT2D eigenvalue weighted by molar-refractivity contribution is 9.08. The summed E-state index contributed by atoms with van der Waals surface area (Å²) < 4.78 is 141. The minimum atomic E-state index is -1.08. The van der Waals surface area contributed by atoms with Gasteiger partial charge in [0.15, 0.2) is 52.8 Å². The molecule has 5 heterocycles. The van der Waals surface area contributed by atoms with Crippen LogP contribution < -0.4 is 11.5 Å². The number of fused-ring (bicyclic) bond motifs is 4. The lowest BCUT2D eigenvalue weighted by Gasteiger charge is -2.10. The van der Waals surface area contributed by atoms with Gasteiger partial charge in [0.05, 0.1) is 77.7 Å². The molecule has 0 radical (unpaired) electrons. The molecule has 1 fully saturated rings. The fraction of sp³-hybridized carbons (Fsp3) is 0.125. The van der Waals surface area contributed by atoms with Crippen molar-refractivity contribution in [3.63, 3.8) is 0 Å². The molecule has 26 heteroatoms.